The summed E-state index contributed by atoms with van der Waals surface area (Å²) < 4.78 is 31.7. The van der Waals surface area contributed by atoms with E-state index in [0.29, 0.717) is 61.3 Å². The Kier molecular flexibility index (Phi) is 13.3. The molecule has 3 aromatic carbocycles. The van der Waals surface area contributed by atoms with E-state index in [1.54, 1.807) is 63.4 Å². The lowest BCUT2D eigenvalue weighted by Gasteiger charge is -2.43. The third-order valence-corrected chi connectivity index (χ3v) is 14.6. The molecule has 0 aliphatic carbocycles. The van der Waals surface area contributed by atoms with Crippen LogP contribution in [0.4, 0.5) is 34.6 Å². The molecule has 0 bridgehead atoms. The van der Waals surface area contributed by atoms with Gasteiger partial charge in [0.05, 0.1) is 39.8 Å². The molecule has 5 heterocycles. The van der Waals surface area contributed by atoms with Gasteiger partial charge in [0.1, 0.15) is 18.1 Å². The maximum Gasteiger partial charge on any atom is 0.264 e. The van der Waals surface area contributed by atoms with Crippen LogP contribution in [0.3, 0.4) is 0 Å². The molecule has 4 N–H and O–H groups in total. The summed E-state index contributed by atoms with van der Waals surface area (Å²) in [5.74, 6) is -1.09. The largest absolute Gasteiger partial charge is 0.494 e. The van der Waals surface area contributed by atoms with Crippen molar-refractivity contribution in [2.75, 3.05) is 73.8 Å². The van der Waals surface area contributed by atoms with Gasteiger partial charge in [-0.2, -0.15) is 4.98 Å². The van der Waals surface area contributed by atoms with E-state index in [2.05, 4.69) is 46.0 Å². The molecular weight excluding hydrogens is 855 g/mol. The monoisotopic (exact) mass is 907 g/mol. The highest BCUT2D eigenvalue weighted by Crippen LogP contribution is 2.35. The topological polar surface area (TPSA) is 228 Å². The van der Waals surface area contributed by atoms with Crippen molar-refractivity contribution >= 4 is 74.0 Å². The minimum atomic E-state index is -3.55. The van der Waals surface area contributed by atoms with Gasteiger partial charge in [-0.05, 0) is 75.9 Å². The van der Waals surface area contributed by atoms with Gasteiger partial charge in [-0.3, -0.25) is 39.1 Å². The number of carbonyl (C=O) groups excluding carboxylic acids is 5. The maximum atomic E-state index is 13.4. The van der Waals surface area contributed by atoms with E-state index in [9.17, 15) is 32.4 Å². The molecule has 4 aromatic rings. The van der Waals surface area contributed by atoms with Gasteiger partial charge in [-0.25, -0.2) is 18.4 Å². The number of ether oxygens (including phenoxy) is 1. The van der Waals surface area contributed by atoms with Crippen LogP contribution in [0.1, 0.15) is 73.1 Å². The Bertz CT molecular complexity index is 2590. The van der Waals surface area contributed by atoms with Gasteiger partial charge in [0, 0.05) is 82.1 Å². The van der Waals surface area contributed by atoms with E-state index in [-0.39, 0.29) is 46.7 Å². The molecule has 342 valence electrons. The van der Waals surface area contributed by atoms with Crippen LogP contribution < -0.4 is 30.9 Å². The Balaban J connectivity index is 0.780. The van der Waals surface area contributed by atoms with Crippen molar-refractivity contribution in [3.05, 3.63) is 78.1 Å². The van der Waals surface area contributed by atoms with Crippen molar-refractivity contribution < 1.29 is 37.1 Å². The van der Waals surface area contributed by atoms with Gasteiger partial charge in [0.2, 0.25) is 29.6 Å². The van der Waals surface area contributed by atoms with Crippen molar-refractivity contribution in [3.8, 4) is 5.75 Å². The fraction of sp³-hybridized carbons (Fsp3) is 0.422. The normalized spacial score (nSPS) is 18.5. The van der Waals surface area contributed by atoms with Crippen molar-refractivity contribution in [2.45, 2.75) is 74.6 Å². The summed E-state index contributed by atoms with van der Waals surface area (Å²) in [6, 6.07) is 16.9. The van der Waals surface area contributed by atoms with Crippen LogP contribution in [-0.4, -0.2) is 138 Å². The molecule has 20 heteroatoms. The number of carbonyl (C=O) groups is 5. The average Bonchev–Trinajstić information content (AvgIpc) is 3.56. The second-order valence-electron chi connectivity index (χ2n) is 16.7. The third kappa shape index (κ3) is 9.58. The number of anilines is 6. The van der Waals surface area contributed by atoms with Gasteiger partial charge in [-0.15, -0.1) is 0 Å². The number of methoxy groups -OCH3 is 1. The van der Waals surface area contributed by atoms with E-state index in [1.807, 2.05) is 23.1 Å². The lowest BCUT2D eigenvalue weighted by atomic mass is 10.0. The number of piperidine rings is 2. The predicted octanol–water partition coefficient (Wildman–Crippen LogP) is 3.96. The minimum Gasteiger partial charge on any atom is -0.494 e. The average molecular weight is 908 g/mol. The molecule has 1 atom stereocenters. The van der Waals surface area contributed by atoms with E-state index >= 15 is 0 Å². The summed E-state index contributed by atoms with van der Waals surface area (Å²) in [6.07, 6.45) is 4.31. The zero-order valence-corrected chi connectivity index (χ0v) is 37.4. The van der Waals surface area contributed by atoms with Crippen molar-refractivity contribution in [3.63, 3.8) is 0 Å². The number of nitrogens with zero attached hydrogens (tertiary/aromatic N) is 7. The molecule has 3 fully saturated rings. The van der Waals surface area contributed by atoms with Crippen LogP contribution in [0.25, 0.3) is 0 Å². The highest BCUT2D eigenvalue weighted by Gasteiger charge is 2.45. The molecule has 1 aromatic heterocycles. The molecule has 19 nitrogen and oxygen atoms in total. The first-order valence-electron chi connectivity index (χ1n) is 21.9. The molecule has 4 aliphatic heterocycles. The first-order chi connectivity index (χ1) is 31.3. The SMILES string of the molecule is COc1cc(N2CCC(N3CCN(C(=O)CCCNc4cccc5c4C(=O)N(C4CCC(=O)NC4=O)C5=O)CC3)CC2)ccc1Nc1ncnc(Nc2ccccc2S(=O)(=O)C(C)C)n1. The van der Waals surface area contributed by atoms with E-state index < -0.39 is 44.8 Å². The van der Waals surface area contributed by atoms with Gasteiger partial charge < -0.3 is 30.5 Å². The number of amides is 5. The predicted molar refractivity (Wildman–Crippen MR) is 242 cm³/mol. The number of aromatic nitrogens is 3. The molecule has 5 amide bonds. The Morgan fingerprint density at radius 3 is 2.26 bits per heavy atom. The van der Waals surface area contributed by atoms with Gasteiger partial charge in [0.15, 0.2) is 9.84 Å². The van der Waals surface area contributed by atoms with Crippen LogP contribution in [0.2, 0.25) is 0 Å². The van der Waals surface area contributed by atoms with E-state index in [1.165, 1.54) is 6.33 Å². The van der Waals surface area contributed by atoms with Crippen LogP contribution in [0.5, 0.6) is 5.75 Å². The number of benzene rings is 3. The number of nitrogens with one attached hydrogen (secondary N) is 4. The quantitative estimate of drug-likeness (QED) is 0.0978. The van der Waals surface area contributed by atoms with Gasteiger partial charge in [-0.1, -0.05) is 18.2 Å². The summed E-state index contributed by atoms with van der Waals surface area (Å²) >= 11 is 0. The van der Waals surface area contributed by atoms with E-state index in [0.717, 1.165) is 49.6 Å². The Morgan fingerprint density at radius 2 is 1.55 bits per heavy atom. The lowest BCUT2D eigenvalue weighted by Crippen LogP contribution is -2.54. The van der Waals surface area contributed by atoms with Crippen LogP contribution in [0, 0.1) is 0 Å². The van der Waals surface area contributed by atoms with Crippen molar-refractivity contribution in [1.82, 2.24) is 35.0 Å². The van der Waals surface area contributed by atoms with Crippen LogP contribution in [-0.2, 0) is 24.2 Å². The number of imide groups is 2. The molecule has 0 saturated carbocycles. The van der Waals surface area contributed by atoms with E-state index in [4.69, 9.17) is 4.74 Å². The zero-order chi connectivity index (χ0) is 45.8. The molecule has 3 saturated heterocycles. The first-order valence-corrected chi connectivity index (χ1v) is 23.5. The molecule has 1 unspecified atom stereocenters. The Labute approximate surface area is 377 Å². The minimum absolute atomic E-state index is 0.0501. The lowest BCUT2D eigenvalue weighted by molar-refractivity contribution is -0.136. The molecule has 4 aliphatic rings. The Morgan fingerprint density at radius 1 is 0.846 bits per heavy atom. The number of hydrogen-bond donors (Lipinski definition) is 4. The number of rotatable bonds is 15. The molecule has 65 heavy (non-hydrogen) atoms. The van der Waals surface area contributed by atoms with Crippen LogP contribution in [0.15, 0.2) is 71.9 Å². The number of piperazine rings is 1. The van der Waals surface area contributed by atoms with Crippen LogP contribution >= 0.6 is 0 Å². The first kappa shape index (κ1) is 44.9. The smallest absolute Gasteiger partial charge is 0.264 e. The summed E-state index contributed by atoms with van der Waals surface area (Å²) in [6.45, 7) is 8.33. The fourth-order valence-corrected chi connectivity index (χ4v) is 10.0. The second kappa shape index (κ2) is 19.2. The van der Waals surface area contributed by atoms with Gasteiger partial charge in [0.25, 0.3) is 11.8 Å². The third-order valence-electron chi connectivity index (χ3n) is 12.4. The molecular formula is C45H53N11O8S. The number of sulfone groups is 1. The number of hydrogen-bond acceptors (Lipinski definition) is 16. The summed E-state index contributed by atoms with van der Waals surface area (Å²) in [7, 11) is -1.95. The number of fused-ring (bicyclic) bond motifs is 1. The summed E-state index contributed by atoms with van der Waals surface area (Å²) in [5, 5.41) is 11.1. The molecule has 0 radical (unpaired) electrons. The maximum absolute atomic E-state index is 13.4. The van der Waals surface area contributed by atoms with Gasteiger partial charge >= 0.3 is 0 Å². The fourth-order valence-electron chi connectivity index (χ4n) is 8.82. The molecule has 0 spiro atoms. The van der Waals surface area contributed by atoms with Crippen molar-refractivity contribution in [1.29, 1.82) is 0 Å². The summed E-state index contributed by atoms with van der Waals surface area (Å²) in [5.41, 5.74) is 2.94. The van der Waals surface area contributed by atoms with Crippen molar-refractivity contribution in [2.24, 2.45) is 0 Å². The molecule has 8 rings (SSSR count). The number of para-hydroxylation sites is 1. The highest BCUT2D eigenvalue weighted by atomic mass is 32.2. The zero-order valence-electron chi connectivity index (χ0n) is 36.6. The Hall–Kier alpha value is -6.67. The standard InChI is InChI=1S/C45H53N11O8S/c1-28(2)65(62,63)37-11-5-4-9-33(37)50-45-48-27-47-44(52-45)49-32-14-13-30(26-36(32)64-3)53-20-17-29(18-21-53)54-22-24-55(25-23-54)39(58)12-7-19-46-34-10-6-8-31-40(34)43(61)56(42(31)60)35-15-16-38(57)51-41(35)59/h4-6,8-11,13-14,26-29,35,46H,7,12,15-25H2,1-3H3,(H,51,57,59)(H2,47,48,49,50,52). The second-order valence-corrected chi connectivity index (χ2v) is 19.2. The summed E-state index contributed by atoms with van der Waals surface area (Å²) in [4.78, 5) is 84.7. The highest BCUT2D eigenvalue weighted by molar-refractivity contribution is 7.92.